The number of ether oxygens (including phenoxy) is 2. The third kappa shape index (κ3) is 3.44. The van der Waals surface area contributed by atoms with Crippen molar-refractivity contribution >= 4 is 5.91 Å². The number of H-pyrrole nitrogens is 1. The Bertz CT molecular complexity index is 800. The van der Waals surface area contributed by atoms with Crippen molar-refractivity contribution in [1.82, 2.24) is 30.5 Å². The minimum absolute atomic E-state index is 0.00772. The second-order valence-electron chi connectivity index (χ2n) is 8.11. The van der Waals surface area contributed by atoms with Crippen LogP contribution in [0.3, 0.4) is 0 Å². The van der Waals surface area contributed by atoms with Crippen LogP contribution < -0.4 is 5.32 Å². The second kappa shape index (κ2) is 7.63. The number of rotatable bonds is 5. The third-order valence-electron chi connectivity index (χ3n) is 6.21. The standard InChI is InChI=1S/C19H26N6O3/c26-19(14-6-7-20-23-14)21-15-10-27-18-16(11-28-17(15)18)25-9-13(22-24-25)8-12-4-2-1-3-5-12/h6-7,9,12,15-18H,1-5,8,10-11H2,(H,20,23)(H,21,26). The first-order valence-corrected chi connectivity index (χ1v) is 10.2. The monoisotopic (exact) mass is 386 g/mol. The number of fused-ring (bicyclic) bond motifs is 1. The Labute approximate surface area is 163 Å². The molecule has 2 aromatic heterocycles. The van der Waals surface area contributed by atoms with Crippen LogP contribution in [0.4, 0.5) is 0 Å². The van der Waals surface area contributed by atoms with Gasteiger partial charge >= 0.3 is 0 Å². The molecule has 9 heteroatoms. The third-order valence-corrected chi connectivity index (χ3v) is 6.21. The lowest BCUT2D eigenvalue weighted by Crippen LogP contribution is -2.44. The molecule has 3 fully saturated rings. The largest absolute Gasteiger partial charge is 0.371 e. The molecular formula is C19H26N6O3. The fourth-order valence-electron chi connectivity index (χ4n) is 4.71. The molecule has 4 unspecified atom stereocenters. The van der Waals surface area contributed by atoms with Crippen LogP contribution in [0.15, 0.2) is 18.5 Å². The van der Waals surface area contributed by atoms with Crippen LogP contribution in [0.5, 0.6) is 0 Å². The SMILES string of the molecule is O=C(NC1COC2C1OCC2n1cc(CC2CCCCC2)nn1)c1ccn[nH]1. The van der Waals surface area contributed by atoms with Crippen molar-refractivity contribution in [2.45, 2.75) is 62.8 Å². The molecule has 0 radical (unpaired) electrons. The Morgan fingerprint density at radius 3 is 2.89 bits per heavy atom. The molecule has 5 rings (SSSR count). The van der Waals surface area contributed by atoms with Gasteiger partial charge in [-0.25, -0.2) is 4.68 Å². The van der Waals surface area contributed by atoms with E-state index in [0.29, 0.717) is 18.9 Å². The van der Waals surface area contributed by atoms with Crippen molar-refractivity contribution in [2.24, 2.45) is 5.92 Å². The number of amides is 1. The van der Waals surface area contributed by atoms with Crippen molar-refractivity contribution in [3.8, 4) is 0 Å². The van der Waals surface area contributed by atoms with Gasteiger partial charge in [0.15, 0.2) is 0 Å². The molecule has 1 aliphatic carbocycles. The maximum absolute atomic E-state index is 12.3. The van der Waals surface area contributed by atoms with E-state index in [1.807, 2.05) is 10.9 Å². The first kappa shape index (κ1) is 17.8. The molecule has 2 N–H and O–H groups in total. The highest BCUT2D eigenvalue weighted by atomic mass is 16.6. The number of nitrogens with zero attached hydrogens (tertiary/aromatic N) is 4. The zero-order valence-corrected chi connectivity index (χ0v) is 15.8. The van der Waals surface area contributed by atoms with Gasteiger partial charge in [0.1, 0.15) is 23.9 Å². The van der Waals surface area contributed by atoms with Gasteiger partial charge in [0.2, 0.25) is 0 Å². The lowest BCUT2D eigenvalue weighted by Gasteiger charge is -2.20. The normalized spacial score (nSPS) is 30.4. The first-order chi connectivity index (χ1) is 13.8. The van der Waals surface area contributed by atoms with Gasteiger partial charge in [-0.3, -0.25) is 9.89 Å². The van der Waals surface area contributed by atoms with Gasteiger partial charge in [-0.2, -0.15) is 5.10 Å². The summed E-state index contributed by atoms with van der Waals surface area (Å²) in [6, 6.07) is 1.45. The molecule has 1 saturated carbocycles. The van der Waals surface area contributed by atoms with E-state index in [-0.39, 0.29) is 30.2 Å². The van der Waals surface area contributed by atoms with Crippen LogP contribution in [0, 0.1) is 5.92 Å². The molecule has 28 heavy (non-hydrogen) atoms. The van der Waals surface area contributed by atoms with E-state index in [9.17, 15) is 4.79 Å². The summed E-state index contributed by atoms with van der Waals surface area (Å²) in [4.78, 5) is 12.3. The minimum atomic E-state index is -0.200. The predicted octanol–water partition coefficient (Wildman–Crippen LogP) is 1.26. The number of aromatic nitrogens is 5. The molecule has 4 atom stereocenters. The molecule has 0 bridgehead atoms. The average molecular weight is 386 g/mol. The number of carbonyl (C=O) groups is 1. The molecule has 1 amide bonds. The highest BCUT2D eigenvalue weighted by molar-refractivity contribution is 5.92. The van der Waals surface area contributed by atoms with Crippen molar-refractivity contribution < 1.29 is 14.3 Å². The summed E-state index contributed by atoms with van der Waals surface area (Å²) < 4.78 is 13.9. The van der Waals surface area contributed by atoms with Gasteiger partial charge in [-0.05, 0) is 18.4 Å². The van der Waals surface area contributed by atoms with E-state index in [1.54, 1.807) is 12.3 Å². The number of hydrogen-bond acceptors (Lipinski definition) is 6. The summed E-state index contributed by atoms with van der Waals surface area (Å²) >= 11 is 0. The van der Waals surface area contributed by atoms with E-state index in [1.165, 1.54) is 32.1 Å². The van der Waals surface area contributed by atoms with Crippen LogP contribution in [0.1, 0.15) is 54.3 Å². The van der Waals surface area contributed by atoms with Gasteiger partial charge in [0.25, 0.3) is 5.91 Å². The van der Waals surface area contributed by atoms with Gasteiger partial charge in [-0.15, -0.1) is 5.10 Å². The highest BCUT2D eigenvalue weighted by Crippen LogP contribution is 2.34. The zero-order valence-electron chi connectivity index (χ0n) is 15.8. The molecule has 0 aromatic carbocycles. The lowest BCUT2D eigenvalue weighted by molar-refractivity contribution is 0.0613. The number of nitrogens with one attached hydrogen (secondary N) is 2. The van der Waals surface area contributed by atoms with Crippen LogP contribution in [0.2, 0.25) is 0 Å². The zero-order chi connectivity index (χ0) is 18.9. The maximum atomic E-state index is 12.3. The Morgan fingerprint density at radius 1 is 1.21 bits per heavy atom. The van der Waals surface area contributed by atoms with Crippen molar-refractivity contribution in [3.63, 3.8) is 0 Å². The average Bonchev–Trinajstić information content (AvgIpc) is 3.49. The molecular weight excluding hydrogens is 360 g/mol. The smallest absolute Gasteiger partial charge is 0.269 e. The van der Waals surface area contributed by atoms with Gasteiger partial charge in [0, 0.05) is 12.4 Å². The van der Waals surface area contributed by atoms with Crippen LogP contribution in [-0.2, 0) is 15.9 Å². The van der Waals surface area contributed by atoms with E-state index in [0.717, 1.165) is 18.0 Å². The minimum Gasteiger partial charge on any atom is -0.371 e. The molecule has 9 nitrogen and oxygen atoms in total. The summed E-state index contributed by atoms with van der Waals surface area (Å²) in [5, 5.41) is 18.2. The van der Waals surface area contributed by atoms with Crippen LogP contribution >= 0.6 is 0 Å². The van der Waals surface area contributed by atoms with Gasteiger partial charge in [-0.1, -0.05) is 37.3 Å². The summed E-state index contributed by atoms with van der Waals surface area (Å²) in [7, 11) is 0. The van der Waals surface area contributed by atoms with Gasteiger partial charge < -0.3 is 14.8 Å². The Balaban J connectivity index is 1.21. The molecule has 2 aromatic rings. The topological polar surface area (TPSA) is 107 Å². The predicted molar refractivity (Wildman–Crippen MR) is 98.7 cm³/mol. The van der Waals surface area contributed by atoms with Crippen LogP contribution in [-0.4, -0.2) is 62.6 Å². The lowest BCUT2D eigenvalue weighted by atomic mass is 9.86. The van der Waals surface area contributed by atoms with E-state index in [4.69, 9.17) is 9.47 Å². The molecule has 2 aliphatic heterocycles. The fourth-order valence-corrected chi connectivity index (χ4v) is 4.71. The second-order valence-corrected chi connectivity index (χ2v) is 8.11. The molecule has 4 heterocycles. The first-order valence-electron chi connectivity index (χ1n) is 10.2. The number of hydrogen-bond donors (Lipinski definition) is 2. The quantitative estimate of drug-likeness (QED) is 0.801. The number of carbonyl (C=O) groups excluding carboxylic acids is 1. The Morgan fingerprint density at radius 2 is 2.07 bits per heavy atom. The number of aromatic amines is 1. The summed E-state index contributed by atoms with van der Waals surface area (Å²) in [6.07, 6.45) is 10.9. The fraction of sp³-hybridized carbons (Fsp3) is 0.684. The molecule has 150 valence electrons. The Hall–Kier alpha value is -2.26. The Kier molecular flexibility index (Phi) is 4.86. The van der Waals surface area contributed by atoms with E-state index >= 15 is 0 Å². The summed E-state index contributed by atoms with van der Waals surface area (Å²) in [6.45, 7) is 0.938. The van der Waals surface area contributed by atoms with E-state index in [2.05, 4.69) is 25.8 Å². The molecule has 3 aliphatic rings. The maximum Gasteiger partial charge on any atom is 0.269 e. The highest BCUT2D eigenvalue weighted by Gasteiger charge is 2.49. The van der Waals surface area contributed by atoms with Crippen molar-refractivity contribution in [3.05, 3.63) is 29.8 Å². The van der Waals surface area contributed by atoms with Gasteiger partial charge in [0.05, 0.1) is 24.9 Å². The summed E-state index contributed by atoms with van der Waals surface area (Å²) in [5.74, 6) is 0.533. The van der Waals surface area contributed by atoms with Crippen molar-refractivity contribution in [1.29, 1.82) is 0 Å². The van der Waals surface area contributed by atoms with Crippen LogP contribution in [0.25, 0.3) is 0 Å². The molecule has 2 saturated heterocycles. The van der Waals surface area contributed by atoms with Crippen molar-refractivity contribution in [2.75, 3.05) is 13.2 Å². The summed E-state index contributed by atoms with van der Waals surface area (Å²) in [5.41, 5.74) is 1.49. The molecule has 0 spiro atoms. The van der Waals surface area contributed by atoms with E-state index < -0.39 is 0 Å².